The fourth-order valence-electron chi connectivity index (χ4n) is 1.76. The van der Waals surface area contributed by atoms with Gasteiger partial charge >= 0.3 is 5.97 Å². The van der Waals surface area contributed by atoms with Crippen molar-refractivity contribution in [2.75, 3.05) is 5.01 Å². The molecule has 0 fully saturated rings. The monoisotopic (exact) mass is 289 g/mol. The number of para-hydroxylation sites is 1. The number of nitrogens with zero attached hydrogens (tertiary/aromatic N) is 2. The van der Waals surface area contributed by atoms with Crippen LogP contribution in [0.4, 0.5) is 5.69 Å². The molecule has 1 aliphatic heterocycles. The predicted molar refractivity (Wildman–Crippen MR) is 75.3 cm³/mol. The maximum absolute atomic E-state index is 11.9. The summed E-state index contributed by atoms with van der Waals surface area (Å²) in [6.45, 7) is 1.38. The Kier molecular flexibility index (Phi) is 4.32. The highest BCUT2D eigenvalue weighted by Crippen LogP contribution is 2.20. The number of carbonyl (C=O) groups excluding carboxylic acids is 3. The average molecular weight is 289 g/mol. The van der Waals surface area contributed by atoms with E-state index in [4.69, 9.17) is 10.5 Å². The average Bonchev–Trinajstić information content (AvgIpc) is 2.48. The number of hydrogen-bond acceptors (Lipinski definition) is 5. The van der Waals surface area contributed by atoms with Crippen LogP contribution in [0.1, 0.15) is 19.8 Å². The maximum Gasteiger partial charge on any atom is 0.355 e. The summed E-state index contributed by atoms with van der Waals surface area (Å²) in [6, 6.07) is 8.76. The van der Waals surface area contributed by atoms with E-state index in [1.807, 2.05) is 6.07 Å². The van der Waals surface area contributed by atoms with Crippen LogP contribution in [0, 0.1) is 0 Å². The van der Waals surface area contributed by atoms with Crippen LogP contribution in [0.3, 0.4) is 0 Å². The Hall–Kier alpha value is -2.70. The minimum atomic E-state index is -1.04. The topological polar surface area (TPSA) is 102 Å². The SMILES string of the molecule is CC(OC(=O)C1=NN(c2ccccc2)C(=O)CC1)C(N)=O. The molecule has 0 saturated carbocycles. The van der Waals surface area contributed by atoms with Crippen molar-refractivity contribution in [2.24, 2.45) is 10.8 Å². The molecule has 21 heavy (non-hydrogen) atoms. The Balaban J connectivity index is 2.19. The van der Waals surface area contributed by atoms with Gasteiger partial charge in [-0.05, 0) is 19.1 Å². The van der Waals surface area contributed by atoms with Crippen molar-refractivity contribution in [1.82, 2.24) is 0 Å². The fraction of sp³-hybridized carbons (Fsp3) is 0.286. The van der Waals surface area contributed by atoms with Gasteiger partial charge in [0.05, 0.1) is 5.69 Å². The molecule has 0 saturated heterocycles. The lowest BCUT2D eigenvalue weighted by Gasteiger charge is -2.23. The second kappa shape index (κ2) is 6.17. The number of anilines is 1. The number of hydrogen-bond donors (Lipinski definition) is 1. The van der Waals surface area contributed by atoms with E-state index >= 15 is 0 Å². The van der Waals surface area contributed by atoms with Gasteiger partial charge in [-0.1, -0.05) is 18.2 Å². The fourth-order valence-corrected chi connectivity index (χ4v) is 1.76. The second-order valence-electron chi connectivity index (χ2n) is 4.54. The summed E-state index contributed by atoms with van der Waals surface area (Å²) in [6.07, 6.45) is -0.719. The van der Waals surface area contributed by atoms with Crippen LogP contribution >= 0.6 is 0 Å². The third-order valence-electron chi connectivity index (χ3n) is 2.95. The lowest BCUT2D eigenvalue weighted by Crippen LogP contribution is -2.38. The molecule has 1 aromatic rings. The minimum Gasteiger partial charge on any atom is -0.448 e. The predicted octanol–water partition coefficient (Wildman–Crippen LogP) is 0.586. The number of benzene rings is 1. The van der Waals surface area contributed by atoms with E-state index in [0.717, 1.165) is 5.01 Å². The van der Waals surface area contributed by atoms with E-state index in [1.165, 1.54) is 6.92 Å². The summed E-state index contributed by atoms with van der Waals surface area (Å²) < 4.78 is 4.89. The van der Waals surface area contributed by atoms with Crippen LogP contribution in [0.15, 0.2) is 35.4 Å². The highest BCUT2D eigenvalue weighted by molar-refractivity contribution is 6.38. The van der Waals surface area contributed by atoms with Gasteiger partial charge in [-0.15, -0.1) is 0 Å². The molecule has 1 heterocycles. The van der Waals surface area contributed by atoms with Gasteiger partial charge in [0, 0.05) is 12.8 Å². The zero-order valence-electron chi connectivity index (χ0n) is 11.5. The van der Waals surface area contributed by atoms with E-state index < -0.39 is 18.0 Å². The molecule has 110 valence electrons. The van der Waals surface area contributed by atoms with Crippen molar-refractivity contribution < 1.29 is 19.1 Å². The molecular weight excluding hydrogens is 274 g/mol. The van der Waals surface area contributed by atoms with Crippen molar-refractivity contribution in [2.45, 2.75) is 25.9 Å². The molecular formula is C14H15N3O4. The summed E-state index contributed by atoms with van der Waals surface area (Å²) >= 11 is 0. The first-order valence-corrected chi connectivity index (χ1v) is 6.45. The largest absolute Gasteiger partial charge is 0.448 e. The Morgan fingerprint density at radius 3 is 2.57 bits per heavy atom. The Morgan fingerprint density at radius 2 is 1.95 bits per heavy atom. The molecule has 7 nitrogen and oxygen atoms in total. The number of hydrazone groups is 1. The minimum absolute atomic E-state index is 0.0894. The molecule has 1 aliphatic rings. The number of esters is 1. The first-order chi connectivity index (χ1) is 9.99. The van der Waals surface area contributed by atoms with Crippen molar-refractivity contribution in [3.05, 3.63) is 30.3 Å². The zero-order chi connectivity index (χ0) is 15.4. The first-order valence-electron chi connectivity index (χ1n) is 6.45. The lowest BCUT2D eigenvalue weighted by atomic mass is 10.1. The molecule has 0 spiro atoms. The molecule has 0 bridgehead atoms. The zero-order valence-corrected chi connectivity index (χ0v) is 11.5. The summed E-state index contributed by atoms with van der Waals surface area (Å²) in [5.41, 5.74) is 5.69. The lowest BCUT2D eigenvalue weighted by molar-refractivity contribution is -0.147. The number of ether oxygens (including phenoxy) is 1. The number of rotatable bonds is 4. The van der Waals surface area contributed by atoms with Crippen LogP contribution in [0.2, 0.25) is 0 Å². The number of amides is 2. The summed E-state index contributed by atoms with van der Waals surface area (Å²) in [7, 11) is 0. The van der Waals surface area contributed by atoms with E-state index in [0.29, 0.717) is 5.69 Å². The van der Waals surface area contributed by atoms with Crippen LogP contribution in [-0.4, -0.2) is 29.6 Å². The van der Waals surface area contributed by atoms with Crippen molar-refractivity contribution in [1.29, 1.82) is 0 Å². The summed E-state index contributed by atoms with van der Waals surface area (Å²) in [4.78, 5) is 34.7. The molecule has 7 heteroatoms. The molecule has 2 N–H and O–H groups in total. The van der Waals surface area contributed by atoms with Crippen molar-refractivity contribution in [3.8, 4) is 0 Å². The van der Waals surface area contributed by atoms with Crippen molar-refractivity contribution in [3.63, 3.8) is 0 Å². The molecule has 2 amide bonds. The van der Waals surface area contributed by atoms with E-state index in [9.17, 15) is 14.4 Å². The highest BCUT2D eigenvalue weighted by atomic mass is 16.5. The molecule has 0 aromatic heterocycles. The highest BCUT2D eigenvalue weighted by Gasteiger charge is 2.28. The van der Waals surface area contributed by atoms with Crippen LogP contribution in [0.25, 0.3) is 0 Å². The third kappa shape index (κ3) is 3.44. The standard InChI is InChI=1S/C14H15N3O4/c1-9(13(15)19)21-14(20)11-7-8-12(18)17(16-11)10-5-3-2-4-6-10/h2-6,9H,7-8H2,1H3,(H2,15,19). The van der Waals surface area contributed by atoms with Crippen molar-refractivity contribution >= 4 is 29.2 Å². The van der Waals surface area contributed by atoms with Crippen LogP contribution in [-0.2, 0) is 19.1 Å². The first kappa shape index (κ1) is 14.7. The van der Waals surface area contributed by atoms with Crippen LogP contribution in [0.5, 0.6) is 0 Å². The smallest absolute Gasteiger partial charge is 0.355 e. The van der Waals surface area contributed by atoms with Gasteiger partial charge in [-0.25, -0.2) is 9.80 Å². The molecule has 1 aromatic carbocycles. The van der Waals surface area contributed by atoms with Gasteiger partial charge in [0.15, 0.2) is 6.10 Å². The third-order valence-corrected chi connectivity index (χ3v) is 2.95. The molecule has 0 aliphatic carbocycles. The van der Waals surface area contributed by atoms with Crippen LogP contribution < -0.4 is 10.7 Å². The van der Waals surface area contributed by atoms with Gasteiger partial charge in [-0.3, -0.25) is 9.59 Å². The van der Waals surface area contributed by atoms with Gasteiger partial charge in [0.1, 0.15) is 5.71 Å². The van der Waals surface area contributed by atoms with E-state index in [2.05, 4.69) is 5.10 Å². The summed E-state index contributed by atoms with van der Waals surface area (Å²) in [5.74, 6) is -1.69. The normalized spacial score (nSPS) is 16.1. The quantitative estimate of drug-likeness (QED) is 0.819. The number of carbonyl (C=O) groups is 3. The summed E-state index contributed by atoms with van der Waals surface area (Å²) in [5, 5.41) is 5.18. The Morgan fingerprint density at radius 1 is 1.29 bits per heavy atom. The van der Waals surface area contributed by atoms with Gasteiger partial charge < -0.3 is 10.5 Å². The molecule has 1 atom stereocenters. The van der Waals surface area contributed by atoms with Gasteiger partial charge in [0.2, 0.25) is 5.91 Å². The molecule has 2 rings (SSSR count). The maximum atomic E-state index is 11.9. The van der Waals surface area contributed by atoms with Gasteiger partial charge in [0.25, 0.3) is 5.91 Å². The Labute approximate surface area is 121 Å². The Bertz CT molecular complexity index is 597. The second-order valence-corrected chi connectivity index (χ2v) is 4.54. The van der Waals surface area contributed by atoms with Gasteiger partial charge in [-0.2, -0.15) is 5.10 Å². The number of primary amides is 1. The number of nitrogens with two attached hydrogens (primary N) is 1. The van der Waals surface area contributed by atoms with E-state index in [-0.39, 0.29) is 24.5 Å². The van der Waals surface area contributed by atoms with E-state index in [1.54, 1.807) is 24.3 Å². The molecule has 0 radical (unpaired) electrons. The molecule has 1 unspecified atom stereocenters.